The Morgan fingerprint density at radius 3 is 1.70 bits per heavy atom. The number of rotatable bonds is 3. The number of allylic oxidation sites excluding steroid dienone is 3. The van der Waals surface area contributed by atoms with E-state index in [0.717, 1.165) is 0 Å². The van der Waals surface area contributed by atoms with Crippen molar-refractivity contribution in [3.8, 4) is 29.5 Å². The summed E-state index contributed by atoms with van der Waals surface area (Å²) in [6.45, 7) is 0. The number of hydrogen-bond acceptors (Lipinski definition) is 10. The lowest BCUT2D eigenvalue weighted by Gasteiger charge is -2.09. The maximum atomic E-state index is 14.4. The van der Waals surface area contributed by atoms with Crippen LogP contribution >= 0.6 is 0 Å². The van der Waals surface area contributed by atoms with E-state index in [-0.39, 0.29) is 11.4 Å². The summed E-state index contributed by atoms with van der Waals surface area (Å²) in [6.07, 6.45) is 6.74. The summed E-state index contributed by atoms with van der Waals surface area (Å²) in [5.74, 6) is -20.3. The van der Waals surface area contributed by atoms with Crippen LogP contribution in [-0.2, 0) is 0 Å². The largest absolute Gasteiger partial charge is 0.430 e. The molecule has 1 aliphatic carbocycles. The minimum atomic E-state index is -2.20. The topological polar surface area (TPSA) is 139 Å². The Balaban J connectivity index is 1.48. The van der Waals surface area contributed by atoms with Crippen LogP contribution in [0.4, 0.5) is 35.1 Å². The van der Waals surface area contributed by atoms with E-state index in [0.29, 0.717) is 5.71 Å². The Hall–Kier alpha value is -5.99. The molecule has 0 bridgehead atoms. The Morgan fingerprint density at radius 1 is 0.682 bits per heavy atom. The van der Waals surface area contributed by atoms with Crippen LogP contribution in [0.3, 0.4) is 0 Å². The molecule has 1 N–H and O–H groups in total. The van der Waals surface area contributed by atoms with Gasteiger partial charge in [0.1, 0.15) is 17.5 Å². The maximum absolute atomic E-state index is 14.4. The first-order valence-corrected chi connectivity index (χ1v) is 11.9. The normalized spacial score (nSPS) is 16.8. The lowest BCUT2D eigenvalue weighted by molar-refractivity contribution is 0.410. The summed E-state index contributed by atoms with van der Waals surface area (Å²) in [7, 11) is 0. The van der Waals surface area contributed by atoms with Gasteiger partial charge in [-0.25, -0.2) is 51.3 Å². The second kappa shape index (κ2) is 9.52. The van der Waals surface area contributed by atoms with E-state index >= 15 is 0 Å². The molecule has 2 aliphatic rings. The van der Waals surface area contributed by atoms with Gasteiger partial charge in [0, 0.05) is 0 Å². The Bertz CT molecular complexity index is 2080. The molecule has 18 heteroatoms. The standard InChI is InChI=1S/C26H6F8N8O2/c27-9-11(29)15(33)19-17(13(9)31)38-25(43-19)23-40-22(6(5-35)21-36-7-3-1-2-4-8(7)37-21)41-24(42-23)26-39-18-14(32)10(28)12(30)16(34)20(18)44-26/h1-4,7,36H/b21-6+. The first kappa shape index (κ1) is 26.9. The van der Waals surface area contributed by atoms with Crippen molar-refractivity contribution in [2.75, 3.05) is 0 Å². The van der Waals surface area contributed by atoms with Crippen molar-refractivity contribution in [1.29, 1.82) is 5.26 Å². The molecule has 0 fully saturated rings. The minimum absolute atomic E-state index is 0.0654. The number of hydrogen-bond donors (Lipinski definition) is 1. The zero-order valence-electron chi connectivity index (χ0n) is 20.9. The lowest BCUT2D eigenvalue weighted by Crippen LogP contribution is -2.27. The van der Waals surface area contributed by atoms with Gasteiger partial charge in [0.15, 0.2) is 51.3 Å². The molecule has 0 spiro atoms. The van der Waals surface area contributed by atoms with Crippen molar-refractivity contribution in [1.82, 2.24) is 30.2 Å². The molecule has 0 amide bonds. The third kappa shape index (κ3) is 3.85. The molecular weight excluding hydrogens is 608 g/mol. The molecule has 5 aromatic rings. The number of aliphatic imine (C=N–C) groups is 1. The third-order valence-electron chi connectivity index (χ3n) is 6.35. The highest BCUT2D eigenvalue weighted by Gasteiger charge is 2.31. The van der Waals surface area contributed by atoms with Crippen LogP contribution in [0, 0.1) is 57.9 Å². The number of nitrogens with zero attached hydrogens (tertiary/aromatic N) is 7. The van der Waals surface area contributed by atoms with E-state index in [1.807, 2.05) is 6.07 Å². The average Bonchev–Trinajstić information content (AvgIpc) is 3.78. The fourth-order valence-corrected chi connectivity index (χ4v) is 4.30. The molecule has 7 rings (SSSR count). The second-order valence-corrected chi connectivity index (χ2v) is 8.95. The number of aromatic nitrogens is 5. The third-order valence-corrected chi connectivity index (χ3v) is 6.35. The predicted octanol–water partition coefficient (Wildman–Crippen LogP) is 5.33. The second-order valence-electron chi connectivity index (χ2n) is 8.95. The number of nitrogens with one attached hydrogen (secondary N) is 1. The maximum Gasteiger partial charge on any atom is 0.266 e. The van der Waals surface area contributed by atoms with Crippen LogP contribution in [0.1, 0.15) is 5.82 Å². The van der Waals surface area contributed by atoms with Gasteiger partial charge in [0.25, 0.3) is 11.8 Å². The first-order chi connectivity index (χ1) is 21.1. The van der Waals surface area contributed by atoms with Gasteiger partial charge in [-0.05, 0) is 6.08 Å². The number of nitriles is 1. The summed E-state index contributed by atoms with van der Waals surface area (Å²) in [5.41, 5.74) is -4.41. The highest BCUT2D eigenvalue weighted by atomic mass is 19.2. The minimum Gasteiger partial charge on any atom is -0.430 e. The van der Waals surface area contributed by atoms with E-state index in [9.17, 15) is 40.4 Å². The van der Waals surface area contributed by atoms with Crippen molar-refractivity contribution in [3.63, 3.8) is 0 Å². The highest BCUT2D eigenvalue weighted by Crippen LogP contribution is 2.33. The number of benzene rings is 2. The number of oxazole rings is 2. The Labute approximate surface area is 236 Å². The predicted molar refractivity (Wildman–Crippen MR) is 131 cm³/mol. The van der Waals surface area contributed by atoms with Gasteiger partial charge in [0.2, 0.25) is 34.9 Å². The van der Waals surface area contributed by atoms with Crippen molar-refractivity contribution < 1.29 is 44.0 Å². The molecule has 0 radical (unpaired) electrons. The van der Waals surface area contributed by atoms with Crippen LogP contribution in [0.25, 0.3) is 51.2 Å². The van der Waals surface area contributed by atoms with Crippen molar-refractivity contribution >= 4 is 33.5 Å². The molecule has 1 unspecified atom stereocenters. The molecular formula is C26H6F8N8O2. The van der Waals surface area contributed by atoms with Gasteiger partial charge < -0.3 is 14.2 Å². The zero-order valence-corrected chi connectivity index (χ0v) is 20.9. The average molecular weight is 614 g/mol. The van der Waals surface area contributed by atoms with Crippen molar-refractivity contribution in [2.45, 2.75) is 6.04 Å². The van der Waals surface area contributed by atoms with E-state index in [1.165, 1.54) is 0 Å². The molecule has 44 heavy (non-hydrogen) atoms. The Kier molecular flexibility index (Phi) is 5.81. The summed E-state index contributed by atoms with van der Waals surface area (Å²) in [4.78, 5) is 23.4. The van der Waals surface area contributed by atoms with Crippen LogP contribution in [0.15, 0.2) is 44.0 Å². The van der Waals surface area contributed by atoms with Gasteiger partial charge >= 0.3 is 0 Å². The van der Waals surface area contributed by atoms with E-state index < -0.39 is 104 Å². The number of fused-ring (bicyclic) bond motifs is 3. The van der Waals surface area contributed by atoms with Crippen molar-refractivity contribution in [3.05, 3.63) is 82.5 Å². The molecule has 10 nitrogen and oxygen atoms in total. The van der Waals surface area contributed by atoms with Crippen molar-refractivity contribution in [2.24, 2.45) is 4.99 Å². The van der Waals surface area contributed by atoms with Gasteiger partial charge in [-0.3, -0.25) is 0 Å². The lowest BCUT2D eigenvalue weighted by atomic mass is 10.1. The smallest absolute Gasteiger partial charge is 0.266 e. The van der Waals surface area contributed by atoms with Gasteiger partial charge in [0.05, 0.1) is 11.8 Å². The molecule has 1 aliphatic heterocycles. The van der Waals surface area contributed by atoms with Gasteiger partial charge in [-0.2, -0.15) is 19.0 Å². The quantitative estimate of drug-likeness (QED) is 0.124. The fraction of sp³-hybridized carbons (Fsp3) is 0.0385. The van der Waals surface area contributed by atoms with Crippen LogP contribution in [0.2, 0.25) is 0 Å². The van der Waals surface area contributed by atoms with E-state index in [1.54, 1.807) is 24.3 Å². The fourth-order valence-electron chi connectivity index (χ4n) is 4.30. The zero-order chi connectivity index (χ0) is 31.0. The van der Waals surface area contributed by atoms with Crippen LogP contribution in [-0.4, -0.2) is 36.7 Å². The molecule has 1 atom stereocenters. The SMILES string of the molecule is N#C/C(=C1\N=C2C=CC=CC2N1)c1nc(-c2nc3c(F)c(F)c(F)c(F)c3o2)nc(-c2nc3c(F)c(F)c(F)c(F)c3o2)n1. The molecule has 3 aromatic heterocycles. The summed E-state index contributed by atoms with van der Waals surface area (Å²) in [6, 6.07) is 1.37. The molecule has 2 aromatic carbocycles. The summed E-state index contributed by atoms with van der Waals surface area (Å²) in [5, 5.41) is 12.9. The van der Waals surface area contributed by atoms with Crippen LogP contribution < -0.4 is 5.32 Å². The molecule has 0 saturated heterocycles. The number of halogens is 8. The Morgan fingerprint density at radius 2 is 1.20 bits per heavy atom. The molecule has 218 valence electrons. The first-order valence-electron chi connectivity index (χ1n) is 11.9. The molecule has 4 heterocycles. The highest BCUT2D eigenvalue weighted by molar-refractivity contribution is 6.05. The van der Waals surface area contributed by atoms with E-state index in [2.05, 4.69) is 35.2 Å². The van der Waals surface area contributed by atoms with Gasteiger partial charge in [-0.15, -0.1) is 0 Å². The van der Waals surface area contributed by atoms with Crippen LogP contribution in [0.5, 0.6) is 0 Å². The monoisotopic (exact) mass is 614 g/mol. The van der Waals surface area contributed by atoms with Gasteiger partial charge in [-0.1, -0.05) is 18.2 Å². The van der Waals surface area contributed by atoms with E-state index in [4.69, 9.17) is 8.83 Å². The summed E-state index contributed by atoms with van der Waals surface area (Å²) >= 11 is 0. The summed E-state index contributed by atoms with van der Waals surface area (Å²) < 4.78 is 123. The molecule has 0 saturated carbocycles.